The van der Waals surface area contributed by atoms with E-state index in [9.17, 15) is 0 Å². The van der Waals surface area contributed by atoms with E-state index in [1.165, 1.54) is 18.4 Å². The lowest BCUT2D eigenvalue weighted by molar-refractivity contribution is 0.239. The van der Waals surface area contributed by atoms with Gasteiger partial charge in [0.05, 0.1) is 25.4 Å². The number of rotatable bonds is 10. The smallest absolute Gasteiger partial charge is 0.191 e. The largest absolute Gasteiger partial charge is 0.496 e. The summed E-state index contributed by atoms with van der Waals surface area (Å²) < 4.78 is 11.2. The Bertz CT molecular complexity index is 831. The third-order valence-electron chi connectivity index (χ3n) is 6.18. The number of benzene rings is 1. The fraction of sp³-hybridized carbons (Fsp3) is 0.583. The first-order valence-electron chi connectivity index (χ1n) is 11.5. The number of guanidine groups is 1. The normalized spacial score (nSPS) is 15.5. The molecule has 0 bridgehead atoms. The van der Waals surface area contributed by atoms with Crippen LogP contribution < -0.4 is 15.4 Å². The van der Waals surface area contributed by atoms with Crippen molar-refractivity contribution in [2.75, 3.05) is 33.8 Å². The number of aromatic nitrogens is 1. The molecule has 0 aliphatic carbocycles. The van der Waals surface area contributed by atoms with Gasteiger partial charge >= 0.3 is 0 Å². The van der Waals surface area contributed by atoms with Crippen LogP contribution in [0.15, 0.2) is 39.8 Å². The van der Waals surface area contributed by atoms with Crippen LogP contribution in [0, 0.1) is 0 Å². The van der Waals surface area contributed by atoms with E-state index in [1.807, 2.05) is 12.1 Å². The quantitative estimate of drug-likeness (QED) is 0.252. The molecule has 2 heterocycles. The van der Waals surface area contributed by atoms with Gasteiger partial charge in [0, 0.05) is 31.1 Å². The summed E-state index contributed by atoms with van der Waals surface area (Å²) in [5.41, 5.74) is 2.25. The van der Waals surface area contributed by atoms with Crippen LogP contribution in [-0.4, -0.2) is 49.8 Å². The predicted molar refractivity (Wildman–Crippen MR) is 140 cm³/mol. The Morgan fingerprint density at radius 1 is 1.19 bits per heavy atom. The molecule has 1 saturated heterocycles. The maximum absolute atomic E-state index is 5.64. The lowest BCUT2D eigenvalue weighted by Crippen LogP contribution is -2.42. The average Bonchev–Trinajstić information content (AvgIpc) is 3.50. The first-order chi connectivity index (χ1) is 15.2. The van der Waals surface area contributed by atoms with Crippen molar-refractivity contribution in [3.63, 3.8) is 0 Å². The molecule has 1 unspecified atom stereocenters. The maximum atomic E-state index is 5.64. The summed E-state index contributed by atoms with van der Waals surface area (Å²) in [6.45, 7) is 7.88. The Kier molecular flexibility index (Phi) is 11.3. The first kappa shape index (κ1) is 26.4. The summed E-state index contributed by atoms with van der Waals surface area (Å²) in [7, 11) is 3.53. The Morgan fingerprint density at radius 3 is 2.56 bits per heavy atom. The molecule has 1 aliphatic heterocycles. The molecule has 2 aromatic rings. The zero-order valence-corrected chi connectivity index (χ0v) is 22.1. The van der Waals surface area contributed by atoms with E-state index in [2.05, 4.69) is 57.7 Å². The highest BCUT2D eigenvalue weighted by molar-refractivity contribution is 14.0. The van der Waals surface area contributed by atoms with Crippen LogP contribution in [0.1, 0.15) is 68.5 Å². The van der Waals surface area contributed by atoms with Crippen molar-refractivity contribution < 1.29 is 9.26 Å². The number of hydrogen-bond acceptors (Lipinski definition) is 5. The third kappa shape index (κ3) is 6.84. The number of para-hydroxylation sites is 1. The van der Waals surface area contributed by atoms with Crippen LogP contribution in [0.5, 0.6) is 5.75 Å². The molecule has 1 fully saturated rings. The highest BCUT2D eigenvalue weighted by atomic mass is 127. The van der Waals surface area contributed by atoms with Gasteiger partial charge in [-0.1, -0.05) is 37.2 Å². The van der Waals surface area contributed by atoms with Crippen LogP contribution in [0.3, 0.4) is 0 Å². The van der Waals surface area contributed by atoms with E-state index in [0.717, 1.165) is 55.6 Å². The van der Waals surface area contributed by atoms with Gasteiger partial charge in [0.2, 0.25) is 0 Å². The maximum Gasteiger partial charge on any atom is 0.191 e. The standard InChI is InChI=1S/C24H37N5O2.HI/c1-5-18(6-2)21-15-19(31-28-21)16-26-24(25-3)27-17-22(29-13-9-10-14-29)20-11-7-8-12-23(20)30-4;/h7-8,11-12,15,18,22H,5-6,9-10,13-14,16-17H2,1-4H3,(H2,25,26,27);1H. The summed E-state index contributed by atoms with van der Waals surface area (Å²) in [5.74, 6) is 2.96. The molecule has 32 heavy (non-hydrogen) atoms. The molecule has 178 valence electrons. The highest BCUT2D eigenvalue weighted by Gasteiger charge is 2.26. The van der Waals surface area contributed by atoms with Gasteiger partial charge in [0.25, 0.3) is 0 Å². The molecule has 3 rings (SSSR count). The van der Waals surface area contributed by atoms with Gasteiger partial charge in [-0.25, -0.2) is 0 Å². The van der Waals surface area contributed by atoms with E-state index in [1.54, 1.807) is 14.2 Å². The number of methoxy groups -OCH3 is 1. The monoisotopic (exact) mass is 555 g/mol. The van der Waals surface area contributed by atoms with E-state index in [0.29, 0.717) is 12.5 Å². The predicted octanol–water partition coefficient (Wildman–Crippen LogP) is 4.71. The van der Waals surface area contributed by atoms with Crippen molar-refractivity contribution in [1.82, 2.24) is 20.7 Å². The first-order valence-corrected chi connectivity index (χ1v) is 11.5. The van der Waals surface area contributed by atoms with E-state index in [-0.39, 0.29) is 30.0 Å². The van der Waals surface area contributed by atoms with Gasteiger partial charge in [-0.3, -0.25) is 9.89 Å². The Hall–Kier alpha value is -1.81. The zero-order valence-electron chi connectivity index (χ0n) is 19.8. The molecule has 7 nitrogen and oxygen atoms in total. The number of nitrogens with one attached hydrogen (secondary N) is 2. The van der Waals surface area contributed by atoms with Crippen molar-refractivity contribution in [3.8, 4) is 5.75 Å². The van der Waals surface area contributed by atoms with Crippen LogP contribution in [-0.2, 0) is 6.54 Å². The lowest BCUT2D eigenvalue weighted by Gasteiger charge is -2.29. The van der Waals surface area contributed by atoms with Crippen molar-refractivity contribution in [2.45, 2.75) is 58.0 Å². The van der Waals surface area contributed by atoms with E-state index in [4.69, 9.17) is 9.26 Å². The number of halogens is 1. The SMILES string of the molecule is CCC(CC)c1cc(CNC(=NC)NCC(c2ccccc2OC)N2CCCC2)on1.I. The van der Waals surface area contributed by atoms with Gasteiger partial charge in [-0.05, 0) is 44.8 Å². The molecule has 0 amide bonds. The van der Waals surface area contributed by atoms with Crippen LogP contribution in [0.4, 0.5) is 0 Å². The third-order valence-corrected chi connectivity index (χ3v) is 6.18. The van der Waals surface area contributed by atoms with Gasteiger partial charge in [0.15, 0.2) is 11.7 Å². The molecule has 0 spiro atoms. The minimum atomic E-state index is 0. The molecule has 1 aliphatic rings. The second kappa shape index (κ2) is 13.7. The number of likely N-dealkylation sites (tertiary alicyclic amines) is 1. The number of ether oxygens (including phenoxy) is 1. The summed E-state index contributed by atoms with van der Waals surface area (Å²) in [6, 6.07) is 10.6. The number of nitrogens with zero attached hydrogens (tertiary/aromatic N) is 3. The second-order valence-electron chi connectivity index (χ2n) is 8.04. The van der Waals surface area contributed by atoms with Crippen molar-refractivity contribution in [1.29, 1.82) is 0 Å². The summed E-state index contributed by atoms with van der Waals surface area (Å²) in [5, 5.41) is 11.1. The Morgan fingerprint density at radius 2 is 1.91 bits per heavy atom. The van der Waals surface area contributed by atoms with Crippen LogP contribution >= 0.6 is 24.0 Å². The molecule has 2 N–H and O–H groups in total. The Balaban J connectivity index is 0.00000363. The number of hydrogen-bond donors (Lipinski definition) is 2. The molecule has 1 aromatic carbocycles. The molecular weight excluding hydrogens is 517 g/mol. The second-order valence-corrected chi connectivity index (χ2v) is 8.04. The lowest BCUT2D eigenvalue weighted by atomic mass is 9.99. The van der Waals surface area contributed by atoms with Crippen molar-refractivity contribution in [2.24, 2.45) is 4.99 Å². The molecule has 0 radical (unpaired) electrons. The van der Waals surface area contributed by atoms with Crippen LogP contribution in [0.2, 0.25) is 0 Å². The van der Waals surface area contributed by atoms with Gasteiger partial charge in [0.1, 0.15) is 5.75 Å². The molecule has 0 saturated carbocycles. The fourth-order valence-corrected chi connectivity index (χ4v) is 4.33. The summed E-state index contributed by atoms with van der Waals surface area (Å²) in [4.78, 5) is 6.92. The van der Waals surface area contributed by atoms with E-state index >= 15 is 0 Å². The minimum absolute atomic E-state index is 0. The fourth-order valence-electron chi connectivity index (χ4n) is 4.33. The Labute approximate surface area is 209 Å². The molecule has 8 heteroatoms. The van der Waals surface area contributed by atoms with Crippen molar-refractivity contribution in [3.05, 3.63) is 47.3 Å². The highest BCUT2D eigenvalue weighted by Crippen LogP contribution is 2.31. The molecule has 1 atom stereocenters. The van der Waals surface area contributed by atoms with Gasteiger partial charge in [-0.15, -0.1) is 24.0 Å². The minimum Gasteiger partial charge on any atom is -0.496 e. The van der Waals surface area contributed by atoms with Crippen LogP contribution in [0.25, 0.3) is 0 Å². The average molecular weight is 556 g/mol. The summed E-state index contributed by atoms with van der Waals surface area (Å²) >= 11 is 0. The molecule has 1 aromatic heterocycles. The topological polar surface area (TPSA) is 74.9 Å². The molecular formula is C24H38IN5O2. The summed E-state index contributed by atoms with van der Waals surface area (Å²) in [6.07, 6.45) is 4.62. The number of aliphatic imine (C=N–C) groups is 1. The van der Waals surface area contributed by atoms with E-state index < -0.39 is 0 Å². The zero-order chi connectivity index (χ0) is 22.1. The van der Waals surface area contributed by atoms with Gasteiger partial charge < -0.3 is 19.9 Å². The van der Waals surface area contributed by atoms with Gasteiger partial charge in [-0.2, -0.15) is 0 Å². The van der Waals surface area contributed by atoms with Crippen molar-refractivity contribution >= 4 is 29.9 Å².